The fourth-order valence-electron chi connectivity index (χ4n) is 2.35. The number of nitrogens with zero attached hydrogens (tertiary/aromatic N) is 1. The van der Waals surface area contributed by atoms with E-state index in [1.54, 1.807) is 0 Å². The predicted octanol–water partition coefficient (Wildman–Crippen LogP) is 3.51. The van der Waals surface area contributed by atoms with Gasteiger partial charge in [0.2, 0.25) is 0 Å². The molecule has 1 aliphatic heterocycles. The van der Waals surface area contributed by atoms with E-state index in [9.17, 15) is 0 Å². The van der Waals surface area contributed by atoms with Crippen LogP contribution in [0, 0.1) is 5.41 Å². The van der Waals surface area contributed by atoms with Gasteiger partial charge in [0.05, 0.1) is 0 Å². The first kappa shape index (κ1) is 12.3. The first-order valence-corrected chi connectivity index (χ1v) is 5.97. The van der Waals surface area contributed by atoms with Crippen LogP contribution in [0.3, 0.4) is 0 Å². The van der Waals surface area contributed by atoms with Crippen molar-refractivity contribution in [3.8, 4) is 0 Å². The minimum atomic E-state index is 0.238. The molecule has 0 N–H and O–H groups in total. The average molecular weight is 218 g/mol. The summed E-state index contributed by atoms with van der Waals surface area (Å²) in [7, 11) is 0. The Morgan fingerprint density at radius 2 is 1.57 bits per heavy atom. The molecule has 0 spiro atoms. The highest BCUT2D eigenvalue weighted by Gasteiger charge is 2.42. The van der Waals surface area contributed by atoms with Crippen molar-refractivity contribution < 1.29 is 0 Å². The molecule has 1 aliphatic rings. The van der Waals surface area contributed by atoms with E-state index in [0.29, 0.717) is 16.8 Å². The first-order chi connectivity index (χ1) is 6.12. The Morgan fingerprint density at radius 3 is 1.86 bits per heavy atom. The lowest BCUT2D eigenvalue weighted by molar-refractivity contribution is 0.0582. The van der Waals surface area contributed by atoms with Crippen molar-refractivity contribution in [1.82, 2.24) is 4.90 Å². The van der Waals surface area contributed by atoms with Crippen LogP contribution in [0.25, 0.3) is 0 Å². The molecule has 0 bridgehead atoms. The van der Waals surface area contributed by atoms with Gasteiger partial charge in [-0.3, -0.25) is 4.90 Å². The number of halogens is 1. The van der Waals surface area contributed by atoms with Crippen LogP contribution in [0.2, 0.25) is 0 Å². The zero-order valence-electron chi connectivity index (χ0n) is 10.4. The van der Waals surface area contributed by atoms with Crippen LogP contribution in [0.4, 0.5) is 0 Å². The van der Waals surface area contributed by atoms with E-state index in [0.717, 1.165) is 13.0 Å². The van der Waals surface area contributed by atoms with Gasteiger partial charge in [-0.25, -0.2) is 0 Å². The Hall–Kier alpha value is 0.250. The lowest BCUT2D eigenvalue weighted by atomic mass is 9.83. The third-order valence-electron chi connectivity index (χ3n) is 3.11. The highest BCUT2D eigenvalue weighted by Crippen LogP contribution is 2.38. The maximum absolute atomic E-state index is 6.27. The van der Waals surface area contributed by atoms with Crippen LogP contribution in [0.15, 0.2) is 0 Å². The molecule has 0 aromatic carbocycles. The summed E-state index contributed by atoms with van der Waals surface area (Å²) in [5, 5.41) is 0.332. The summed E-state index contributed by atoms with van der Waals surface area (Å²) >= 11 is 6.27. The van der Waals surface area contributed by atoms with Gasteiger partial charge >= 0.3 is 0 Å². The van der Waals surface area contributed by atoms with E-state index in [4.69, 9.17) is 11.6 Å². The number of rotatable bonds is 0. The van der Waals surface area contributed by atoms with E-state index in [1.807, 2.05) is 0 Å². The predicted molar refractivity (Wildman–Crippen MR) is 64.0 cm³/mol. The minimum absolute atomic E-state index is 0.238. The Kier molecular flexibility index (Phi) is 3.24. The molecule has 2 unspecified atom stereocenters. The Morgan fingerprint density at radius 1 is 1.07 bits per heavy atom. The fourth-order valence-corrected chi connectivity index (χ4v) is 2.66. The second-order valence-corrected chi connectivity index (χ2v) is 7.16. The van der Waals surface area contributed by atoms with Crippen LogP contribution in [-0.2, 0) is 0 Å². The molecule has 14 heavy (non-hydrogen) atoms. The third-order valence-corrected chi connectivity index (χ3v) is 3.43. The fraction of sp³-hybridized carbons (Fsp3) is 1.00. The maximum atomic E-state index is 6.27. The van der Waals surface area contributed by atoms with Gasteiger partial charge in [-0.2, -0.15) is 0 Å². The molecule has 2 atom stereocenters. The molecule has 0 amide bonds. The van der Waals surface area contributed by atoms with E-state index in [2.05, 4.69) is 46.4 Å². The van der Waals surface area contributed by atoms with Gasteiger partial charge in [0.15, 0.2) is 0 Å². The second-order valence-electron chi connectivity index (χ2n) is 6.54. The summed E-state index contributed by atoms with van der Waals surface area (Å²) < 4.78 is 0. The third kappa shape index (κ3) is 2.64. The van der Waals surface area contributed by atoms with E-state index in [1.165, 1.54) is 0 Å². The first-order valence-electron chi connectivity index (χ1n) is 5.53. The largest absolute Gasteiger partial charge is 0.293 e. The lowest BCUT2D eigenvalue weighted by Crippen LogP contribution is -2.49. The average Bonchev–Trinajstić information content (AvgIpc) is 2.27. The van der Waals surface area contributed by atoms with Crippen LogP contribution in [0.5, 0.6) is 0 Å². The van der Waals surface area contributed by atoms with Crippen LogP contribution < -0.4 is 0 Å². The van der Waals surface area contributed by atoms with Gasteiger partial charge in [-0.05, 0) is 32.6 Å². The number of likely N-dealkylation sites (tertiary alicyclic amines) is 1. The van der Waals surface area contributed by atoms with Gasteiger partial charge in [0.1, 0.15) is 0 Å². The van der Waals surface area contributed by atoms with Crippen molar-refractivity contribution in [3.05, 3.63) is 0 Å². The molecule has 84 valence electrons. The normalized spacial score (nSPS) is 31.1. The van der Waals surface area contributed by atoms with Crippen molar-refractivity contribution in [1.29, 1.82) is 0 Å². The minimum Gasteiger partial charge on any atom is -0.293 e. The molecule has 1 nitrogen and oxygen atoms in total. The lowest BCUT2D eigenvalue weighted by Gasteiger charge is -2.42. The zero-order valence-corrected chi connectivity index (χ0v) is 11.2. The van der Waals surface area contributed by atoms with Crippen LogP contribution >= 0.6 is 11.6 Å². The topological polar surface area (TPSA) is 3.24 Å². The molecule has 0 aromatic rings. The van der Waals surface area contributed by atoms with Gasteiger partial charge in [-0.1, -0.05) is 20.8 Å². The molecule has 0 radical (unpaired) electrons. The van der Waals surface area contributed by atoms with E-state index < -0.39 is 0 Å². The summed E-state index contributed by atoms with van der Waals surface area (Å²) in [6.07, 6.45) is 1.13. The van der Waals surface area contributed by atoms with Gasteiger partial charge in [0.25, 0.3) is 0 Å². The zero-order chi connectivity index (χ0) is 11.1. The number of hydrogen-bond acceptors (Lipinski definition) is 1. The molecule has 1 saturated heterocycles. The summed E-state index contributed by atoms with van der Waals surface area (Å²) in [6.45, 7) is 14.8. The molecule has 1 fully saturated rings. The summed E-state index contributed by atoms with van der Waals surface area (Å²) in [6, 6.07) is 0.616. The van der Waals surface area contributed by atoms with Gasteiger partial charge < -0.3 is 0 Å². The molecule has 0 saturated carbocycles. The smallest absolute Gasteiger partial charge is 0.0478 e. The van der Waals surface area contributed by atoms with Crippen LogP contribution in [-0.4, -0.2) is 28.4 Å². The molecule has 2 heteroatoms. The summed E-state index contributed by atoms with van der Waals surface area (Å²) in [4.78, 5) is 2.56. The second kappa shape index (κ2) is 3.68. The quantitative estimate of drug-likeness (QED) is 0.562. The molecular weight excluding hydrogens is 194 g/mol. The van der Waals surface area contributed by atoms with Crippen LogP contribution in [0.1, 0.15) is 48.0 Å². The number of alkyl halides is 1. The van der Waals surface area contributed by atoms with Crippen molar-refractivity contribution in [2.75, 3.05) is 6.54 Å². The highest BCUT2D eigenvalue weighted by molar-refractivity contribution is 6.21. The molecule has 0 aliphatic carbocycles. The monoisotopic (exact) mass is 217 g/mol. The molecule has 1 rings (SSSR count). The van der Waals surface area contributed by atoms with Crippen molar-refractivity contribution in [3.63, 3.8) is 0 Å². The Balaban J connectivity index is 2.84. The highest BCUT2D eigenvalue weighted by atomic mass is 35.5. The Bertz CT molecular complexity index is 177. The van der Waals surface area contributed by atoms with Crippen molar-refractivity contribution in [2.24, 2.45) is 5.41 Å². The SMILES string of the molecule is CC(C)(C)C1CC(Cl)CN1C(C)(C)C. The Labute approximate surface area is 93.8 Å². The van der Waals surface area contributed by atoms with Gasteiger partial charge in [0, 0.05) is 23.5 Å². The van der Waals surface area contributed by atoms with Crippen molar-refractivity contribution in [2.45, 2.75) is 64.9 Å². The summed E-state index contributed by atoms with van der Waals surface area (Å²) in [5.41, 5.74) is 0.568. The molecular formula is C12H24ClN. The number of hydrogen-bond donors (Lipinski definition) is 0. The van der Waals surface area contributed by atoms with E-state index >= 15 is 0 Å². The molecule has 1 heterocycles. The van der Waals surface area contributed by atoms with Crippen molar-refractivity contribution >= 4 is 11.6 Å². The standard InChI is InChI=1S/C12H24ClN/c1-11(2,3)10-7-9(13)8-14(10)12(4,5)6/h9-10H,7-8H2,1-6H3. The summed E-state index contributed by atoms with van der Waals surface area (Å²) in [5.74, 6) is 0. The molecule has 0 aromatic heterocycles. The van der Waals surface area contributed by atoms with E-state index in [-0.39, 0.29) is 5.54 Å². The van der Waals surface area contributed by atoms with Gasteiger partial charge in [-0.15, -0.1) is 11.6 Å². The maximum Gasteiger partial charge on any atom is 0.0478 e.